The van der Waals surface area contributed by atoms with E-state index in [1.54, 1.807) is 0 Å². The summed E-state index contributed by atoms with van der Waals surface area (Å²) in [5.74, 6) is -0.426. The van der Waals surface area contributed by atoms with Crippen molar-refractivity contribution in [2.24, 2.45) is 11.8 Å². The van der Waals surface area contributed by atoms with Crippen LogP contribution in [0.5, 0.6) is 0 Å². The lowest BCUT2D eigenvalue weighted by molar-refractivity contribution is -0.161. The lowest BCUT2D eigenvalue weighted by Crippen LogP contribution is -2.30. The van der Waals surface area contributed by atoms with Crippen molar-refractivity contribution < 1.29 is 80.2 Å². The summed E-state index contributed by atoms with van der Waals surface area (Å²) in [6.45, 7) is 9.79. The molecule has 0 heterocycles. The van der Waals surface area contributed by atoms with Crippen LogP contribution in [0.1, 0.15) is 497 Å². The van der Waals surface area contributed by atoms with Gasteiger partial charge in [0.15, 0.2) is 12.2 Å². The van der Waals surface area contributed by atoms with E-state index in [0.29, 0.717) is 25.7 Å². The van der Waals surface area contributed by atoms with Gasteiger partial charge in [0.2, 0.25) is 0 Å². The Kier molecular flexibility index (Phi) is 81.7. The van der Waals surface area contributed by atoms with Crippen molar-refractivity contribution in [1.82, 2.24) is 0 Å². The normalized spacial score (nSPS) is 14.0. The summed E-state index contributed by atoms with van der Waals surface area (Å²) in [6.07, 6.45) is 77.9. The van der Waals surface area contributed by atoms with Gasteiger partial charge in [-0.15, -0.1) is 0 Å². The third-order valence-corrected chi connectivity index (χ3v) is 24.0. The number of carbonyl (C=O) groups is 4. The van der Waals surface area contributed by atoms with Crippen molar-refractivity contribution in [2.45, 2.75) is 516 Å². The number of aliphatic hydroxyl groups excluding tert-OH is 1. The molecule has 3 unspecified atom stereocenters. The molecule has 0 aliphatic rings. The molecular formula is C92H180O17P2. The fourth-order valence-corrected chi connectivity index (χ4v) is 16.0. The minimum Gasteiger partial charge on any atom is -0.462 e. The van der Waals surface area contributed by atoms with Gasteiger partial charge in [-0.1, -0.05) is 446 Å². The number of phosphoric ester groups is 2. The molecule has 0 radical (unpaired) electrons. The van der Waals surface area contributed by atoms with Crippen molar-refractivity contribution in [1.29, 1.82) is 0 Å². The van der Waals surface area contributed by atoms with Gasteiger partial charge < -0.3 is 33.8 Å². The van der Waals surface area contributed by atoms with E-state index < -0.39 is 97.5 Å². The first-order valence-electron chi connectivity index (χ1n) is 47.5. The fraction of sp³-hybridized carbons (Fsp3) is 0.957. The van der Waals surface area contributed by atoms with Gasteiger partial charge in [-0.25, -0.2) is 9.13 Å². The largest absolute Gasteiger partial charge is 0.472 e. The summed E-state index contributed by atoms with van der Waals surface area (Å²) < 4.78 is 69.1. The number of hydrogen-bond donors (Lipinski definition) is 3. The number of ether oxygens (including phenoxy) is 4. The number of aliphatic hydroxyl groups is 1. The summed E-state index contributed by atoms with van der Waals surface area (Å²) in [5.41, 5.74) is 0. The molecule has 0 aromatic heterocycles. The summed E-state index contributed by atoms with van der Waals surface area (Å²) in [6, 6.07) is 0. The summed E-state index contributed by atoms with van der Waals surface area (Å²) >= 11 is 0. The molecule has 19 heteroatoms. The Balaban J connectivity index is 5.21. The Morgan fingerprint density at radius 3 is 0.685 bits per heavy atom. The molecule has 0 aliphatic heterocycles. The molecular weight excluding hydrogens is 1440 g/mol. The zero-order chi connectivity index (χ0) is 81.3. The predicted octanol–water partition coefficient (Wildman–Crippen LogP) is 28.6. The Labute approximate surface area is 683 Å². The van der Waals surface area contributed by atoms with Crippen molar-refractivity contribution in [3.8, 4) is 0 Å². The Bertz CT molecular complexity index is 2120. The van der Waals surface area contributed by atoms with E-state index in [9.17, 15) is 43.2 Å². The van der Waals surface area contributed by atoms with Gasteiger partial charge in [0, 0.05) is 25.7 Å². The number of phosphoric acid groups is 2. The van der Waals surface area contributed by atoms with Crippen LogP contribution in [0.25, 0.3) is 0 Å². The second-order valence-corrected chi connectivity index (χ2v) is 36.7. The van der Waals surface area contributed by atoms with Crippen LogP contribution >= 0.6 is 15.6 Å². The topological polar surface area (TPSA) is 237 Å². The highest BCUT2D eigenvalue weighted by Gasteiger charge is 2.31. The number of carbonyl (C=O) groups excluding carboxylic acids is 4. The van der Waals surface area contributed by atoms with Gasteiger partial charge in [0.05, 0.1) is 26.4 Å². The molecule has 0 aromatic carbocycles. The SMILES string of the molecule is CCCCCCCCCCCCCCCCCCCCCCCCC(=O)O[C@H](COC(=O)CCCCCCCCCCCCCCCCCCCCC(C)C)COP(=O)(O)OC[C@@H](O)COP(=O)(O)OC[C@@H](COC(=O)CCCCCCCCCCCC)OC(=O)CCCCCCCCCCCCCCCCC(C)CC. The molecule has 0 spiro atoms. The Morgan fingerprint density at radius 2 is 0.459 bits per heavy atom. The molecule has 0 fully saturated rings. The molecule has 0 bridgehead atoms. The van der Waals surface area contributed by atoms with Crippen molar-refractivity contribution in [2.75, 3.05) is 39.6 Å². The number of rotatable bonds is 91. The molecule has 0 saturated carbocycles. The standard InChI is InChI=1S/C92H180O17P2/c1-7-10-12-14-16-18-20-21-22-23-24-25-26-27-32-35-41-46-52-58-64-70-76-91(96)109-88(81-103-90(95)75-69-63-57-51-45-40-34-31-29-28-30-33-38-43-48-54-60-66-72-84(4)5)83-107-111(100,101)105-79-86(93)78-104-110(98,99)106-82-87(80-102-89(94)74-68-62-56-50-19-17-15-13-11-8-2)108-92(97)77-71-65-59-53-47-42-37-36-39-44-49-55-61-67-73-85(6)9-3/h84-88,93H,7-83H2,1-6H3,(H,98,99)(H,100,101)/t85?,86-,87+,88+/m0/s1. The maximum absolute atomic E-state index is 13.2. The average Bonchev–Trinajstić information content (AvgIpc) is 0.898. The van der Waals surface area contributed by atoms with Crippen LogP contribution in [0.15, 0.2) is 0 Å². The van der Waals surface area contributed by atoms with Gasteiger partial charge in [-0.05, 0) is 37.5 Å². The molecule has 3 N–H and O–H groups in total. The zero-order valence-corrected chi connectivity index (χ0v) is 75.1. The molecule has 6 atom stereocenters. The third kappa shape index (κ3) is 84.3. The molecule has 0 amide bonds. The van der Waals surface area contributed by atoms with E-state index in [1.807, 2.05) is 0 Å². The van der Waals surface area contributed by atoms with E-state index in [0.717, 1.165) is 102 Å². The van der Waals surface area contributed by atoms with Gasteiger partial charge in [0.25, 0.3) is 0 Å². The molecule has 0 aromatic rings. The first-order chi connectivity index (χ1) is 53.9. The first kappa shape index (κ1) is 109. The Hall–Kier alpha value is -1.94. The van der Waals surface area contributed by atoms with Crippen molar-refractivity contribution in [3.63, 3.8) is 0 Å². The van der Waals surface area contributed by atoms with Gasteiger partial charge >= 0.3 is 39.5 Å². The molecule has 111 heavy (non-hydrogen) atoms. The lowest BCUT2D eigenvalue weighted by Gasteiger charge is -2.21. The smallest absolute Gasteiger partial charge is 0.462 e. The lowest BCUT2D eigenvalue weighted by atomic mass is 9.99. The zero-order valence-electron chi connectivity index (χ0n) is 73.3. The monoisotopic (exact) mass is 1620 g/mol. The highest BCUT2D eigenvalue weighted by atomic mass is 31.2. The summed E-state index contributed by atoms with van der Waals surface area (Å²) in [4.78, 5) is 73.4. The average molecular weight is 1620 g/mol. The van der Waals surface area contributed by atoms with E-state index >= 15 is 0 Å². The Morgan fingerprint density at radius 1 is 0.261 bits per heavy atom. The molecule has 0 rings (SSSR count). The predicted molar refractivity (Wildman–Crippen MR) is 460 cm³/mol. The van der Waals surface area contributed by atoms with E-state index in [2.05, 4.69) is 41.5 Å². The van der Waals surface area contributed by atoms with Crippen LogP contribution in [0.2, 0.25) is 0 Å². The van der Waals surface area contributed by atoms with Crippen LogP contribution in [-0.2, 0) is 65.4 Å². The van der Waals surface area contributed by atoms with Crippen LogP contribution in [0, 0.1) is 11.8 Å². The van der Waals surface area contributed by atoms with E-state index in [-0.39, 0.29) is 25.7 Å². The van der Waals surface area contributed by atoms with Crippen LogP contribution < -0.4 is 0 Å². The molecule has 17 nitrogen and oxygen atoms in total. The molecule has 660 valence electrons. The maximum Gasteiger partial charge on any atom is 0.472 e. The number of unbranched alkanes of at least 4 members (excludes halogenated alkanes) is 60. The van der Waals surface area contributed by atoms with Gasteiger partial charge in [-0.3, -0.25) is 37.3 Å². The molecule has 0 aliphatic carbocycles. The summed E-state index contributed by atoms with van der Waals surface area (Å²) in [5, 5.41) is 10.7. The van der Waals surface area contributed by atoms with Crippen LogP contribution in [0.3, 0.4) is 0 Å². The summed E-state index contributed by atoms with van der Waals surface area (Å²) in [7, 11) is -9.93. The third-order valence-electron chi connectivity index (χ3n) is 22.1. The van der Waals surface area contributed by atoms with Crippen LogP contribution in [-0.4, -0.2) is 96.7 Å². The highest BCUT2D eigenvalue weighted by Crippen LogP contribution is 2.45. The van der Waals surface area contributed by atoms with Crippen molar-refractivity contribution in [3.05, 3.63) is 0 Å². The molecule has 0 saturated heterocycles. The fourth-order valence-electron chi connectivity index (χ4n) is 14.4. The number of hydrogen-bond acceptors (Lipinski definition) is 15. The minimum atomic E-state index is -4.97. The maximum atomic E-state index is 13.2. The second-order valence-electron chi connectivity index (χ2n) is 33.8. The van der Waals surface area contributed by atoms with Crippen molar-refractivity contribution >= 4 is 39.5 Å². The quantitative estimate of drug-likeness (QED) is 0.0222. The first-order valence-corrected chi connectivity index (χ1v) is 50.5. The van der Waals surface area contributed by atoms with Crippen LogP contribution in [0.4, 0.5) is 0 Å². The van der Waals surface area contributed by atoms with Gasteiger partial charge in [-0.2, -0.15) is 0 Å². The number of esters is 4. The minimum absolute atomic E-state index is 0.108. The van der Waals surface area contributed by atoms with E-state index in [1.165, 1.54) is 315 Å². The highest BCUT2D eigenvalue weighted by molar-refractivity contribution is 7.47. The second kappa shape index (κ2) is 83.1. The van der Waals surface area contributed by atoms with E-state index in [4.69, 9.17) is 37.0 Å². The van der Waals surface area contributed by atoms with Gasteiger partial charge in [0.1, 0.15) is 19.3 Å².